The number of sulfonamides is 1. The highest BCUT2D eigenvalue weighted by molar-refractivity contribution is 7.99. The summed E-state index contributed by atoms with van der Waals surface area (Å²) in [5.41, 5.74) is -5.23. The zero-order valence-electron chi connectivity index (χ0n) is 14.7. The zero-order valence-corrected chi connectivity index (χ0v) is 16.4. The molecule has 1 aliphatic rings. The molecule has 28 heavy (non-hydrogen) atoms. The van der Waals surface area contributed by atoms with Crippen LogP contribution in [0.3, 0.4) is 0 Å². The molecule has 0 radical (unpaired) electrons. The fourth-order valence-corrected chi connectivity index (χ4v) is 4.78. The Morgan fingerprint density at radius 3 is 2.25 bits per heavy atom. The lowest BCUT2D eigenvalue weighted by molar-refractivity contribution is -0.105. The van der Waals surface area contributed by atoms with Crippen LogP contribution in [0.4, 0.5) is 36.4 Å². The molecule has 0 aromatic heterocycles. The van der Waals surface area contributed by atoms with Gasteiger partial charge in [-0.25, -0.2) is 12.8 Å². The summed E-state index contributed by atoms with van der Waals surface area (Å²) >= 11 is 0.476. The lowest BCUT2D eigenvalue weighted by Gasteiger charge is -2.40. The highest BCUT2D eigenvalue weighted by Crippen LogP contribution is 2.35. The maximum Gasteiger partial charge on any atom is 0.511 e. The minimum absolute atomic E-state index is 0.0776. The van der Waals surface area contributed by atoms with E-state index in [1.807, 2.05) is 0 Å². The first-order valence-corrected chi connectivity index (χ1v) is 10.4. The number of thioether (sulfide) groups is 1. The van der Waals surface area contributed by atoms with Crippen molar-refractivity contribution < 1.29 is 39.2 Å². The third-order valence-corrected chi connectivity index (χ3v) is 7.11. The Kier molecular flexibility index (Phi) is 6.51. The molecule has 0 amide bonds. The molecule has 0 N–H and O–H groups in total. The second-order valence-electron chi connectivity index (χ2n) is 6.33. The third kappa shape index (κ3) is 5.03. The summed E-state index contributed by atoms with van der Waals surface area (Å²) in [5.74, 6) is -1.92. The minimum Gasteiger partial charge on any atom is -0.366 e. The summed E-state index contributed by atoms with van der Waals surface area (Å²) < 4.78 is 113. The van der Waals surface area contributed by atoms with Gasteiger partial charge in [-0.3, -0.25) is 0 Å². The minimum atomic E-state index is -5.52. The van der Waals surface area contributed by atoms with Gasteiger partial charge in [0.25, 0.3) is 0 Å². The van der Waals surface area contributed by atoms with Crippen LogP contribution in [0.5, 0.6) is 0 Å². The first-order valence-electron chi connectivity index (χ1n) is 7.96. The van der Waals surface area contributed by atoms with E-state index in [0.717, 1.165) is 6.07 Å². The second-order valence-corrected chi connectivity index (χ2v) is 9.23. The third-order valence-electron chi connectivity index (χ3n) is 4.14. The summed E-state index contributed by atoms with van der Waals surface area (Å²) in [7, 11) is -5.52. The van der Waals surface area contributed by atoms with Gasteiger partial charge in [0.05, 0.1) is 11.4 Å². The summed E-state index contributed by atoms with van der Waals surface area (Å²) in [4.78, 5) is 1.52. The van der Waals surface area contributed by atoms with Gasteiger partial charge in [-0.05, 0) is 31.5 Å². The number of piperazine rings is 1. The van der Waals surface area contributed by atoms with Crippen LogP contribution in [0, 0.1) is 12.7 Å². The first kappa shape index (κ1) is 23.1. The van der Waals surface area contributed by atoms with Crippen LogP contribution in [0.25, 0.3) is 0 Å². The average molecular weight is 454 g/mol. The number of anilines is 1. The topological polar surface area (TPSA) is 40.6 Å². The van der Waals surface area contributed by atoms with E-state index >= 15 is 0 Å². The number of hydrogen-bond acceptors (Lipinski definition) is 4. The van der Waals surface area contributed by atoms with Crippen molar-refractivity contribution in [2.75, 3.05) is 30.3 Å². The van der Waals surface area contributed by atoms with E-state index in [2.05, 4.69) is 0 Å². The van der Waals surface area contributed by atoms with Crippen LogP contribution in [0.1, 0.15) is 12.5 Å². The largest absolute Gasteiger partial charge is 0.511 e. The van der Waals surface area contributed by atoms with Gasteiger partial charge in [-0.1, -0.05) is 0 Å². The molecule has 1 saturated heterocycles. The number of rotatable bonds is 4. The molecule has 0 spiro atoms. The van der Waals surface area contributed by atoms with Crippen molar-refractivity contribution in [3.63, 3.8) is 0 Å². The molecule has 1 aliphatic heterocycles. The Labute approximate surface area is 161 Å². The van der Waals surface area contributed by atoms with Crippen molar-refractivity contribution in [3.05, 3.63) is 23.5 Å². The molecule has 1 heterocycles. The molecule has 2 rings (SSSR count). The maximum absolute atomic E-state index is 14.4. The normalized spacial score (nSPS) is 19.9. The first-order chi connectivity index (χ1) is 12.6. The predicted molar refractivity (Wildman–Crippen MR) is 91.3 cm³/mol. The van der Waals surface area contributed by atoms with Crippen molar-refractivity contribution in [2.45, 2.75) is 36.5 Å². The van der Waals surface area contributed by atoms with Crippen molar-refractivity contribution in [1.82, 2.24) is 4.31 Å². The molecule has 0 saturated carbocycles. The number of hydrogen-bond donors (Lipinski definition) is 0. The van der Waals surface area contributed by atoms with Gasteiger partial charge in [-0.2, -0.15) is 30.6 Å². The molecule has 1 fully saturated rings. The fourth-order valence-electron chi connectivity index (χ4n) is 2.85. The summed E-state index contributed by atoms with van der Waals surface area (Å²) in [6, 6.07) is 1.16. The number of halogens is 7. The lowest BCUT2D eigenvalue weighted by atomic mass is 10.1. The molecule has 160 valence electrons. The van der Waals surface area contributed by atoms with Gasteiger partial charge >= 0.3 is 21.7 Å². The van der Waals surface area contributed by atoms with Crippen LogP contribution in [-0.2, 0) is 10.0 Å². The maximum atomic E-state index is 14.4. The van der Waals surface area contributed by atoms with Gasteiger partial charge in [0.2, 0.25) is 0 Å². The SMILES string of the molecule is Cc1cc(F)c(N2CCN(S(=O)(=O)C(F)(F)F)C(C)C2)cc1SCC(F)(F)F. The van der Waals surface area contributed by atoms with Crippen molar-refractivity contribution in [2.24, 2.45) is 0 Å². The molecule has 0 bridgehead atoms. The number of nitrogens with zero attached hydrogens (tertiary/aromatic N) is 2. The van der Waals surface area contributed by atoms with E-state index < -0.39 is 45.9 Å². The van der Waals surface area contributed by atoms with Crippen LogP contribution < -0.4 is 4.90 Å². The number of benzene rings is 1. The van der Waals surface area contributed by atoms with E-state index in [1.165, 1.54) is 24.8 Å². The van der Waals surface area contributed by atoms with Gasteiger partial charge in [0.15, 0.2) is 0 Å². The van der Waals surface area contributed by atoms with Gasteiger partial charge in [0.1, 0.15) is 5.82 Å². The van der Waals surface area contributed by atoms with Crippen LogP contribution in [0.15, 0.2) is 17.0 Å². The Morgan fingerprint density at radius 1 is 1.14 bits per heavy atom. The molecular weight excluding hydrogens is 437 g/mol. The predicted octanol–water partition coefficient (Wildman–Crippen LogP) is 4.15. The van der Waals surface area contributed by atoms with E-state index in [1.54, 1.807) is 0 Å². The molecule has 1 aromatic carbocycles. The quantitative estimate of drug-likeness (QED) is 0.507. The average Bonchev–Trinajstić information content (AvgIpc) is 2.51. The highest BCUT2D eigenvalue weighted by Gasteiger charge is 2.52. The number of aryl methyl sites for hydroxylation is 1. The van der Waals surface area contributed by atoms with E-state index in [4.69, 9.17) is 0 Å². The molecule has 1 atom stereocenters. The Bertz CT molecular complexity index is 825. The van der Waals surface area contributed by atoms with Crippen LogP contribution >= 0.6 is 11.8 Å². The van der Waals surface area contributed by atoms with Gasteiger partial charge in [0, 0.05) is 30.6 Å². The van der Waals surface area contributed by atoms with Crippen molar-refractivity contribution in [3.8, 4) is 0 Å². The van der Waals surface area contributed by atoms with Crippen LogP contribution in [-0.4, -0.2) is 55.8 Å². The molecule has 1 aromatic rings. The Morgan fingerprint density at radius 2 is 1.75 bits per heavy atom. The van der Waals surface area contributed by atoms with Crippen LogP contribution in [0.2, 0.25) is 0 Å². The smallest absolute Gasteiger partial charge is 0.366 e. The molecule has 1 unspecified atom stereocenters. The van der Waals surface area contributed by atoms with Crippen molar-refractivity contribution in [1.29, 1.82) is 0 Å². The second kappa shape index (κ2) is 7.90. The summed E-state index contributed by atoms with van der Waals surface area (Å²) in [6.07, 6.45) is -4.42. The fraction of sp³-hybridized carbons (Fsp3) is 0.600. The molecular formula is C15H17F7N2O2S2. The Hall–Kier alpha value is -1.21. The van der Waals surface area contributed by atoms with Gasteiger partial charge < -0.3 is 4.90 Å². The van der Waals surface area contributed by atoms with E-state index in [0.29, 0.717) is 21.6 Å². The molecule has 4 nitrogen and oxygen atoms in total. The monoisotopic (exact) mass is 454 g/mol. The van der Waals surface area contributed by atoms with E-state index in [9.17, 15) is 39.2 Å². The van der Waals surface area contributed by atoms with Gasteiger partial charge in [-0.15, -0.1) is 11.8 Å². The molecule has 13 heteroatoms. The summed E-state index contributed by atoms with van der Waals surface area (Å²) in [5, 5.41) is 0. The lowest BCUT2D eigenvalue weighted by Crippen LogP contribution is -2.56. The summed E-state index contributed by atoms with van der Waals surface area (Å²) in [6.45, 7) is 1.70. The Balaban J connectivity index is 2.23. The number of alkyl halides is 6. The van der Waals surface area contributed by atoms with Crippen molar-refractivity contribution >= 4 is 27.5 Å². The standard InChI is InChI=1S/C15H17F7N2O2S2/c1-9-5-11(16)12(6-13(9)27-8-14(17,18)19)23-3-4-24(10(2)7-23)28(25,26)15(20,21)22/h5-6,10H,3-4,7-8H2,1-2H3. The highest BCUT2D eigenvalue weighted by atomic mass is 32.2. The molecule has 0 aliphatic carbocycles. The zero-order chi connectivity index (χ0) is 21.5. The van der Waals surface area contributed by atoms with E-state index in [-0.39, 0.29) is 23.7 Å².